The molecule has 7 heteroatoms. The standard InChI is InChI=1S/C32H28ClN3O2S/c33-29-17-23(35-32(38)26-11-5-4-10-25(26)21-7-2-1-3-8-21)13-14-27(29)31(37)28-12-6-9-22-18-34-19-24-20-39-16-15-36(24)30(22)28/h1-11,13-14,17-19,28,30,34H,12,15-16,20H2,(H,35,38)/t28?,30-/m1/s1. The molecular formula is C32H28ClN3O2S. The molecule has 0 bridgehead atoms. The Hall–Kier alpha value is -3.74. The molecule has 1 fully saturated rings. The van der Waals surface area contributed by atoms with Gasteiger partial charge in [-0.1, -0.05) is 72.3 Å². The zero-order chi connectivity index (χ0) is 26.8. The van der Waals surface area contributed by atoms with Crippen molar-refractivity contribution in [1.82, 2.24) is 10.2 Å². The summed E-state index contributed by atoms with van der Waals surface area (Å²) in [5, 5.41) is 6.61. The summed E-state index contributed by atoms with van der Waals surface area (Å²) < 4.78 is 0. The molecule has 0 saturated carbocycles. The van der Waals surface area contributed by atoms with Crippen LogP contribution in [0.1, 0.15) is 27.1 Å². The second-order valence-electron chi connectivity index (χ2n) is 9.81. The number of amides is 1. The molecular weight excluding hydrogens is 526 g/mol. The van der Waals surface area contributed by atoms with Crippen molar-refractivity contribution >= 4 is 40.7 Å². The molecule has 0 aromatic heterocycles. The Morgan fingerprint density at radius 1 is 0.974 bits per heavy atom. The average Bonchev–Trinajstić information content (AvgIpc) is 3.17. The summed E-state index contributed by atoms with van der Waals surface area (Å²) in [5.41, 5.74) is 5.74. The number of hydrogen-bond acceptors (Lipinski definition) is 5. The number of allylic oxidation sites excluding steroid dienone is 1. The summed E-state index contributed by atoms with van der Waals surface area (Å²) in [6.07, 6.45) is 8.90. The van der Waals surface area contributed by atoms with E-state index >= 15 is 0 Å². The van der Waals surface area contributed by atoms with Crippen LogP contribution in [0.25, 0.3) is 11.1 Å². The Kier molecular flexibility index (Phi) is 7.31. The number of carbonyl (C=O) groups is 2. The van der Waals surface area contributed by atoms with Crippen LogP contribution in [0, 0.1) is 5.92 Å². The first-order valence-electron chi connectivity index (χ1n) is 13.1. The molecule has 6 rings (SSSR count). The summed E-state index contributed by atoms with van der Waals surface area (Å²) >= 11 is 8.61. The average molecular weight is 554 g/mol. The van der Waals surface area contributed by atoms with Gasteiger partial charge in [0, 0.05) is 53.0 Å². The van der Waals surface area contributed by atoms with Gasteiger partial charge in [-0.15, -0.1) is 0 Å². The van der Waals surface area contributed by atoms with Gasteiger partial charge in [-0.3, -0.25) is 9.59 Å². The number of fused-ring (bicyclic) bond motifs is 3. The number of Topliss-reactive ketones (excluding diaryl/α,β-unsaturated/α-hetero) is 1. The van der Waals surface area contributed by atoms with E-state index in [2.05, 4.69) is 27.7 Å². The predicted molar refractivity (Wildman–Crippen MR) is 160 cm³/mol. The highest BCUT2D eigenvalue weighted by molar-refractivity contribution is 7.99. The van der Waals surface area contributed by atoms with Gasteiger partial charge < -0.3 is 15.5 Å². The molecule has 1 aliphatic carbocycles. The van der Waals surface area contributed by atoms with E-state index in [-0.39, 0.29) is 23.7 Å². The number of ketones is 1. The maximum absolute atomic E-state index is 13.9. The van der Waals surface area contributed by atoms with Crippen molar-refractivity contribution < 1.29 is 9.59 Å². The lowest BCUT2D eigenvalue weighted by Gasteiger charge is -2.42. The molecule has 2 heterocycles. The molecule has 1 saturated heterocycles. The van der Waals surface area contributed by atoms with Crippen LogP contribution >= 0.6 is 23.4 Å². The molecule has 3 aromatic carbocycles. The minimum Gasteiger partial charge on any atom is -0.366 e. The van der Waals surface area contributed by atoms with Crippen LogP contribution in [0.5, 0.6) is 0 Å². The van der Waals surface area contributed by atoms with Crippen molar-refractivity contribution in [3.05, 3.63) is 125 Å². The number of carbonyl (C=O) groups excluding carboxylic acids is 2. The van der Waals surface area contributed by atoms with Crippen molar-refractivity contribution in [2.75, 3.05) is 23.4 Å². The number of rotatable bonds is 5. The minimum atomic E-state index is -0.247. The minimum absolute atomic E-state index is 0.0204. The number of benzene rings is 3. The van der Waals surface area contributed by atoms with Crippen molar-refractivity contribution in [3.63, 3.8) is 0 Å². The lowest BCUT2D eigenvalue weighted by atomic mass is 9.79. The van der Waals surface area contributed by atoms with E-state index in [9.17, 15) is 9.59 Å². The highest BCUT2D eigenvalue weighted by atomic mass is 35.5. The van der Waals surface area contributed by atoms with E-state index in [0.717, 1.165) is 34.8 Å². The molecule has 3 aliphatic rings. The molecule has 2 atom stereocenters. The largest absolute Gasteiger partial charge is 0.366 e. The summed E-state index contributed by atoms with van der Waals surface area (Å²) in [7, 11) is 0. The Bertz CT molecular complexity index is 1510. The molecule has 2 aliphatic heterocycles. The monoisotopic (exact) mass is 553 g/mol. The Morgan fingerprint density at radius 3 is 2.64 bits per heavy atom. The van der Waals surface area contributed by atoms with E-state index in [1.807, 2.05) is 78.8 Å². The first-order chi connectivity index (χ1) is 19.1. The smallest absolute Gasteiger partial charge is 0.256 e. The fraction of sp³-hybridized carbons (Fsp3) is 0.188. The summed E-state index contributed by atoms with van der Waals surface area (Å²) in [4.78, 5) is 29.5. The number of anilines is 1. The second-order valence-corrected chi connectivity index (χ2v) is 11.3. The van der Waals surface area contributed by atoms with E-state index in [1.165, 1.54) is 5.70 Å². The van der Waals surface area contributed by atoms with Crippen molar-refractivity contribution in [2.45, 2.75) is 12.5 Å². The maximum Gasteiger partial charge on any atom is 0.256 e. The Balaban J connectivity index is 1.24. The zero-order valence-corrected chi connectivity index (χ0v) is 22.8. The molecule has 0 spiro atoms. The topological polar surface area (TPSA) is 61.4 Å². The van der Waals surface area contributed by atoms with Crippen molar-refractivity contribution in [1.29, 1.82) is 0 Å². The van der Waals surface area contributed by atoms with Gasteiger partial charge in [0.2, 0.25) is 0 Å². The third kappa shape index (κ3) is 5.14. The van der Waals surface area contributed by atoms with Gasteiger partial charge in [-0.2, -0.15) is 11.8 Å². The molecule has 5 nitrogen and oxygen atoms in total. The van der Waals surface area contributed by atoms with E-state index in [4.69, 9.17) is 11.6 Å². The van der Waals surface area contributed by atoms with Gasteiger partial charge in [-0.25, -0.2) is 0 Å². The Labute approximate surface area is 237 Å². The van der Waals surface area contributed by atoms with Crippen LogP contribution in [-0.4, -0.2) is 40.7 Å². The highest BCUT2D eigenvalue weighted by Gasteiger charge is 2.39. The van der Waals surface area contributed by atoms with E-state index < -0.39 is 0 Å². The van der Waals surface area contributed by atoms with Crippen LogP contribution in [0.2, 0.25) is 5.02 Å². The van der Waals surface area contributed by atoms with Crippen LogP contribution in [-0.2, 0) is 0 Å². The zero-order valence-electron chi connectivity index (χ0n) is 21.3. The van der Waals surface area contributed by atoms with Gasteiger partial charge in [-0.05, 0) is 47.4 Å². The highest BCUT2D eigenvalue weighted by Crippen LogP contribution is 2.37. The van der Waals surface area contributed by atoms with Gasteiger partial charge in [0.15, 0.2) is 5.78 Å². The fourth-order valence-corrected chi connectivity index (χ4v) is 6.78. The molecule has 0 radical (unpaired) electrons. The summed E-state index contributed by atoms with van der Waals surface area (Å²) in [6, 6.07) is 22.5. The van der Waals surface area contributed by atoms with Crippen molar-refractivity contribution in [3.8, 4) is 11.1 Å². The second kappa shape index (κ2) is 11.2. The lowest BCUT2D eigenvalue weighted by molar-refractivity contribution is 0.0850. The molecule has 2 N–H and O–H groups in total. The van der Waals surface area contributed by atoms with E-state index in [1.54, 1.807) is 18.2 Å². The SMILES string of the molecule is O=C(Nc1ccc(C(=O)C2CC=CC3=CNC=C4CSCCN4[C@H]32)c(Cl)c1)c1ccccc1-c1ccccc1. The number of hydrogen-bond donors (Lipinski definition) is 2. The quantitative estimate of drug-likeness (QED) is 0.342. The van der Waals surface area contributed by atoms with Crippen LogP contribution in [0.15, 0.2) is 109 Å². The van der Waals surface area contributed by atoms with Gasteiger partial charge >= 0.3 is 0 Å². The summed E-state index contributed by atoms with van der Waals surface area (Å²) in [6.45, 7) is 0.904. The Morgan fingerprint density at radius 2 is 1.79 bits per heavy atom. The van der Waals surface area contributed by atoms with Crippen LogP contribution in [0.4, 0.5) is 5.69 Å². The van der Waals surface area contributed by atoms with Gasteiger partial charge in [0.25, 0.3) is 5.91 Å². The van der Waals surface area contributed by atoms with Crippen LogP contribution in [0.3, 0.4) is 0 Å². The first-order valence-corrected chi connectivity index (χ1v) is 14.6. The normalized spacial score (nSPS) is 20.0. The number of nitrogens with one attached hydrogen (secondary N) is 2. The predicted octanol–water partition coefficient (Wildman–Crippen LogP) is 6.76. The molecule has 1 amide bonds. The van der Waals surface area contributed by atoms with Gasteiger partial charge in [0.1, 0.15) is 0 Å². The van der Waals surface area contributed by atoms with Crippen molar-refractivity contribution in [2.24, 2.45) is 5.92 Å². The third-order valence-electron chi connectivity index (χ3n) is 7.44. The molecule has 196 valence electrons. The van der Waals surface area contributed by atoms with Crippen LogP contribution < -0.4 is 10.6 Å². The van der Waals surface area contributed by atoms with E-state index in [0.29, 0.717) is 28.3 Å². The number of nitrogens with zero attached hydrogens (tertiary/aromatic N) is 1. The molecule has 1 unspecified atom stereocenters. The van der Waals surface area contributed by atoms with Gasteiger partial charge in [0.05, 0.1) is 17.0 Å². The maximum atomic E-state index is 13.9. The number of thioether (sulfide) groups is 1. The summed E-state index contributed by atoms with van der Waals surface area (Å²) in [5.74, 6) is 1.51. The lowest BCUT2D eigenvalue weighted by Crippen LogP contribution is -2.47. The fourth-order valence-electron chi connectivity index (χ4n) is 5.58. The molecule has 3 aromatic rings. The number of halogens is 1. The molecule has 39 heavy (non-hydrogen) atoms. The third-order valence-corrected chi connectivity index (χ3v) is 8.72. The first kappa shape index (κ1) is 25.5.